The number of likely N-dealkylation sites (tertiary alicyclic amines) is 1. The van der Waals surface area contributed by atoms with Crippen molar-refractivity contribution in [2.24, 2.45) is 0 Å². The van der Waals surface area contributed by atoms with Crippen molar-refractivity contribution < 1.29 is 18.4 Å². The summed E-state index contributed by atoms with van der Waals surface area (Å²) >= 11 is 0. The van der Waals surface area contributed by atoms with Crippen molar-refractivity contribution in [3.63, 3.8) is 0 Å². The van der Waals surface area contributed by atoms with Gasteiger partial charge in [-0.05, 0) is 68.9 Å². The minimum atomic E-state index is -0.416. The Balaban J connectivity index is 1.37. The lowest BCUT2D eigenvalue weighted by Crippen LogP contribution is -2.44. The number of likely N-dealkylation sites (N-methyl/N-ethyl adjacent to an activating group) is 1. The molecule has 0 aliphatic carbocycles. The first-order valence-corrected chi connectivity index (χ1v) is 11.5. The minimum absolute atomic E-state index is 0.148. The van der Waals surface area contributed by atoms with E-state index in [0.717, 1.165) is 13.0 Å². The van der Waals surface area contributed by atoms with Crippen LogP contribution in [0.3, 0.4) is 0 Å². The highest BCUT2D eigenvalue weighted by Crippen LogP contribution is 2.35. The second-order valence-electron chi connectivity index (χ2n) is 8.79. The molecule has 174 valence electrons. The Kier molecular flexibility index (Phi) is 6.02. The van der Waals surface area contributed by atoms with Crippen LogP contribution in [0.5, 0.6) is 0 Å². The summed E-state index contributed by atoms with van der Waals surface area (Å²) in [4.78, 5) is 27.7. The molecule has 2 amide bonds. The maximum Gasteiger partial charge on any atom is 0.256 e. The molecule has 0 spiro atoms. The Labute approximate surface area is 197 Å². The van der Waals surface area contributed by atoms with Crippen LogP contribution in [0.15, 0.2) is 59.0 Å². The van der Waals surface area contributed by atoms with E-state index in [9.17, 15) is 14.0 Å². The molecule has 7 heteroatoms. The second-order valence-corrected chi connectivity index (χ2v) is 8.79. The molecule has 3 aromatic rings. The fourth-order valence-electron chi connectivity index (χ4n) is 4.62. The van der Waals surface area contributed by atoms with E-state index in [0.29, 0.717) is 52.1 Å². The van der Waals surface area contributed by atoms with Gasteiger partial charge in [-0.1, -0.05) is 24.6 Å². The summed E-state index contributed by atoms with van der Waals surface area (Å²) < 4.78 is 19.7. The lowest BCUT2D eigenvalue weighted by Gasteiger charge is -2.32. The number of halogens is 1. The normalized spacial score (nSPS) is 19.2. The fraction of sp³-hybridized carbons (Fsp3) is 0.259. The molecular formula is C27H26FN3O3. The number of furan rings is 1. The molecule has 0 radical (unpaired) electrons. The standard InChI is InChI=1S/C27H26FN3O3/c1-31-13-5-4-6-18(31)16-29-26(32)21-8-3-2-7-20(21)25-12-10-19(34-25)15-23-22-14-17(28)9-11-24(22)30-27(23)33/h2-3,7-12,14-15,18H,4-6,13,16H2,1H3,(H,29,32)(H,30,33). The molecule has 3 heterocycles. The fourth-order valence-corrected chi connectivity index (χ4v) is 4.62. The molecule has 2 aromatic carbocycles. The predicted molar refractivity (Wildman–Crippen MR) is 130 cm³/mol. The lowest BCUT2D eigenvalue weighted by molar-refractivity contribution is -0.110. The van der Waals surface area contributed by atoms with E-state index >= 15 is 0 Å². The van der Waals surface area contributed by atoms with Gasteiger partial charge in [0.05, 0.1) is 11.1 Å². The summed E-state index contributed by atoms with van der Waals surface area (Å²) in [6.07, 6.45) is 5.05. The monoisotopic (exact) mass is 459 g/mol. The minimum Gasteiger partial charge on any atom is -0.457 e. The summed E-state index contributed by atoms with van der Waals surface area (Å²) in [7, 11) is 2.10. The summed E-state index contributed by atoms with van der Waals surface area (Å²) in [6, 6.07) is 15.3. The number of nitrogens with one attached hydrogen (secondary N) is 2. The average molecular weight is 460 g/mol. The molecule has 0 bridgehead atoms. The van der Waals surface area contributed by atoms with Crippen LogP contribution in [0.25, 0.3) is 23.0 Å². The smallest absolute Gasteiger partial charge is 0.256 e. The highest BCUT2D eigenvalue weighted by atomic mass is 19.1. The number of hydrogen-bond donors (Lipinski definition) is 2. The van der Waals surface area contributed by atoms with Crippen molar-refractivity contribution in [3.05, 3.63) is 77.3 Å². The Morgan fingerprint density at radius 3 is 2.88 bits per heavy atom. The summed E-state index contributed by atoms with van der Waals surface area (Å²) in [5.74, 6) is 0.0821. The SMILES string of the molecule is CN1CCCCC1CNC(=O)c1ccccc1-c1ccc(C=C2C(=O)Nc3ccc(F)cc32)o1. The van der Waals surface area contributed by atoms with E-state index in [-0.39, 0.29) is 11.8 Å². The van der Waals surface area contributed by atoms with Gasteiger partial charge in [0.1, 0.15) is 17.3 Å². The number of benzene rings is 2. The summed E-state index contributed by atoms with van der Waals surface area (Å²) in [5.41, 5.74) is 2.59. The molecule has 5 rings (SSSR count). The maximum atomic E-state index is 13.7. The number of rotatable bonds is 5. The van der Waals surface area contributed by atoms with Crippen molar-refractivity contribution in [3.8, 4) is 11.3 Å². The molecule has 1 aromatic heterocycles. The number of piperidine rings is 1. The second kappa shape index (κ2) is 9.27. The van der Waals surface area contributed by atoms with Crippen LogP contribution in [0, 0.1) is 5.82 Å². The van der Waals surface area contributed by atoms with Crippen LogP contribution in [0.4, 0.5) is 10.1 Å². The van der Waals surface area contributed by atoms with E-state index in [2.05, 4.69) is 22.6 Å². The first kappa shape index (κ1) is 22.1. The molecule has 2 aliphatic heterocycles. The zero-order valence-corrected chi connectivity index (χ0v) is 18.9. The molecule has 1 atom stereocenters. The van der Waals surface area contributed by atoms with Crippen LogP contribution < -0.4 is 10.6 Å². The number of carbonyl (C=O) groups excluding carboxylic acids is 2. The zero-order chi connectivity index (χ0) is 23.7. The van der Waals surface area contributed by atoms with E-state index < -0.39 is 5.82 Å². The lowest BCUT2D eigenvalue weighted by atomic mass is 10.0. The van der Waals surface area contributed by atoms with Crippen LogP contribution in [0.1, 0.15) is 40.9 Å². The van der Waals surface area contributed by atoms with Gasteiger partial charge in [-0.2, -0.15) is 0 Å². The third-order valence-corrected chi connectivity index (χ3v) is 6.53. The zero-order valence-electron chi connectivity index (χ0n) is 18.9. The molecule has 6 nitrogen and oxygen atoms in total. The van der Waals surface area contributed by atoms with Gasteiger partial charge in [0.15, 0.2) is 0 Å². The van der Waals surface area contributed by atoms with E-state index in [4.69, 9.17) is 4.42 Å². The highest BCUT2D eigenvalue weighted by molar-refractivity contribution is 6.34. The van der Waals surface area contributed by atoms with Gasteiger partial charge in [-0.15, -0.1) is 0 Å². The van der Waals surface area contributed by atoms with Crippen LogP contribution >= 0.6 is 0 Å². The van der Waals surface area contributed by atoms with Crippen molar-refractivity contribution in [2.45, 2.75) is 25.3 Å². The molecule has 2 aliphatic rings. The van der Waals surface area contributed by atoms with Crippen molar-refractivity contribution in [2.75, 3.05) is 25.5 Å². The summed E-state index contributed by atoms with van der Waals surface area (Å²) in [6.45, 7) is 1.65. The van der Waals surface area contributed by atoms with Crippen LogP contribution in [-0.2, 0) is 4.79 Å². The molecule has 1 fully saturated rings. The average Bonchev–Trinajstić information content (AvgIpc) is 3.43. The highest BCUT2D eigenvalue weighted by Gasteiger charge is 2.25. The Bertz CT molecular complexity index is 1280. The van der Waals surface area contributed by atoms with Crippen LogP contribution in [-0.4, -0.2) is 42.9 Å². The predicted octanol–water partition coefficient (Wildman–Crippen LogP) is 4.79. The van der Waals surface area contributed by atoms with Gasteiger partial charge < -0.3 is 20.0 Å². The largest absolute Gasteiger partial charge is 0.457 e. The van der Waals surface area contributed by atoms with E-state index in [1.807, 2.05) is 18.2 Å². The van der Waals surface area contributed by atoms with Gasteiger partial charge >= 0.3 is 0 Å². The number of anilines is 1. The number of fused-ring (bicyclic) bond motifs is 1. The Morgan fingerprint density at radius 1 is 1.18 bits per heavy atom. The number of hydrogen-bond acceptors (Lipinski definition) is 4. The maximum absolute atomic E-state index is 13.7. The number of nitrogens with zero attached hydrogens (tertiary/aromatic N) is 1. The van der Waals surface area contributed by atoms with Gasteiger partial charge in [-0.25, -0.2) is 4.39 Å². The number of carbonyl (C=O) groups is 2. The van der Waals surface area contributed by atoms with Gasteiger partial charge in [0.2, 0.25) is 0 Å². The first-order chi connectivity index (χ1) is 16.5. The Morgan fingerprint density at radius 2 is 2.03 bits per heavy atom. The van der Waals surface area contributed by atoms with Crippen LogP contribution in [0.2, 0.25) is 0 Å². The third kappa shape index (κ3) is 4.39. The van der Waals surface area contributed by atoms with Gasteiger partial charge in [-0.3, -0.25) is 9.59 Å². The Hall–Kier alpha value is -3.71. The molecule has 1 saturated heterocycles. The van der Waals surface area contributed by atoms with E-state index in [1.165, 1.54) is 31.0 Å². The quantitative estimate of drug-likeness (QED) is 0.538. The van der Waals surface area contributed by atoms with Crippen molar-refractivity contribution in [1.82, 2.24) is 10.2 Å². The molecule has 0 saturated carbocycles. The van der Waals surface area contributed by atoms with Gasteiger partial charge in [0.25, 0.3) is 11.8 Å². The molecular weight excluding hydrogens is 433 g/mol. The molecule has 34 heavy (non-hydrogen) atoms. The molecule has 2 N–H and O–H groups in total. The topological polar surface area (TPSA) is 74.6 Å². The number of amides is 2. The first-order valence-electron chi connectivity index (χ1n) is 11.5. The summed E-state index contributed by atoms with van der Waals surface area (Å²) in [5, 5.41) is 5.80. The van der Waals surface area contributed by atoms with E-state index in [1.54, 1.807) is 24.3 Å². The third-order valence-electron chi connectivity index (χ3n) is 6.53. The van der Waals surface area contributed by atoms with Gasteiger partial charge in [0, 0.05) is 29.4 Å². The van der Waals surface area contributed by atoms with Crippen molar-refractivity contribution in [1.29, 1.82) is 0 Å². The van der Waals surface area contributed by atoms with Crippen molar-refractivity contribution >= 4 is 29.2 Å². The molecule has 1 unspecified atom stereocenters.